The van der Waals surface area contributed by atoms with E-state index in [0.29, 0.717) is 18.0 Å². The van der Waals surface area contributed by atoms with Gasteiger partial charge in [-0.25, -0.2) is 4.98 Å². The summed E-state index contributed by atoms with van der Waals surface area (Å²) in [5, 5.41) is 2.83. The topological polar surface area (TPSA) is 67.3 Å². The normalized spacial score (nSPS) is 10.7. The van der Waals surface area contributed by atoms with Crippen LogP contribution in [0.15, 0.2) is 36.7 Å². The van der Waals surface area contributed by atoms with E-state index in [1.54, 1.807) is 6.20 Å². The van der Waals surface area contributed by atoms with Crippen molar-refractivity contribution in [3.63, 3.8) is 0 Å². The van der Waals surface area contributed by atoms with Crippen LogP contribution in [0, 0.1) is 6.92 Å². The SMILES string of the molecule is CCN(CC)CCOc1ccccc1NC(=O)c1cnc(C)cn1. The Labute approximate surface area is 142 Å². The number of rotatable bonds is 8. The van der Waals surface area contributed by atoms with Gasteiger partial charge in [0, 0.05) is 12.7 Å². The molecule has 1 amide bonds. The lowest BCUT2D eigenvalue weighted by Gasteiger charge is -2.19. The van der Waals surface area contributed by atoms with Crippen molar-refractivity contribution in [3.05, 3.63) is 48.0 Å². The summed E-state index contributed by atoms with van der Waals surface area (Å²) in [5.41, 5.74) is 1.68. The van der Waals surface area contributed by atoms with E-state index in [2.05, 4.69) is 34.0 Å². The molecule has 6 nitrogen and oxygen atoms in total. The minimum atomic E-state index is -0.303. The minimum absolute atomic E-state index is 0.276. The quantitative estimate of drug-likeness (QED) is 0.807. The highest BCUT2D eigenvalue weighted by atomic mass is 16.5. The largest absolute Gasteiger partial charge is 0.490 e. The molecule has 0 fully saturated rings. The molecule has 0 radical (unpaired) electrons. The number of carbonyl (C=O) groups is 1. The molecular weight excluding hydrogens is 304 g/mol. The fraction of sp³-hybridized carbons (Fsp3) is 0.389. The molecule has 1 heterocycles. The minimum Gasteiger partial charge on any atom is -0.490 e. The highest BCUT2D eigenvalue weighted by molar-refractivity contribution is 6.03. The summed E-state index contributed by atoms with van der Waals surface area (Å²) in [4.78, 5) is 22.7. The Morgan fingerprint density at radius 3 is 2.58 bits per heavy atom. The van der Waals surface area contributed by atoms with Crippen LogP contribution in [0.25, 0.3) is 0 Å². The van der Waals surface area contributed by atoms with Crippen LogP contribution in [0.1, 0.15) is 30.0 Å². The second-order valence-corrected chi connectivity index (χ2v) is 5.37. The number of hydrogen-bond donors (Lipinski definition) is 1. The van der Waals surface area contributed by atoms with E-state index in [4.69, 9.17) is 4.74 Å². The van der Waals surface area contributed by atoms with Crippen molar-refractivity contribution in [3.8, 4) is 5.75 Å². The molecule has 1 aromatic carbocycles. The van der Waals surface area contributed by atoms with E-state index in [1.165, 1.54) is 6.20 Å². The lowest BCUT2D eigenvalue weighted by atomic mass is 10.2. The van der Waals surface area contributed by atoms with Gasteiger partial charge in [0.05, 0.1) is 17.6 Å². The third kappa shape index (κ3) is 5.03. The van der Waals surface area contributed by atoms with Gasteiger partial charge in [0.2, 0.25) is 0 Å². The van der Waals surface area contributed by atoms with Gasteiger partial charge >= 0.3 is 0 Å². The molecule has 0 unspecified atom stereocenters. The van der Waals surface area contributed by atoms with Crippen molar-refractivity contribution in [2.45, 2.75) is 20.8 Å². The Kier molecular flexibility index (Phi) is 6.69. The van der Waals surface area contributed by atoms with Crippen molar-refractivity contribution in [2.75, 3.05) is 31.6 Å². The molecule has 1 aromatic heterocycles. The summed E-state index contributed by atoms with van der Waals surface area (Å²) in [6, 6.07) is 7.40. The van der Waals surface area contributed by atoms with Crippen LogP contribution in [0.2, 0.25) is 0 Å². The fourth-order valence-electron chi connectivity index (χ4n) is 2.22. The van der Waals surface area contributed by atoms with Crippen LogP contribution in [-0.2, 0) is 0 Å². The molecule has 6 heteroatoms. The highest BCUT2D eigenvalue weighted by Crippen LogP contribution is 2.24. The number of benzene rings is 1. The maximum Gasteiger partial charge on any atom is 0.275 e. The monoisotopic (exact) mass is 328 g/mol. The second kappa shape index (κ2) is 8.98. The van der Waals surface area contributed by atoms with Crippen LogP contribution in [-0.4, -0.2) is 47.0 Å². The van der Waals surface area contributed by atoms with Gasteiger partial charge in [0.15, 0.2) is 0 Å². The van der Waals surface area contributed by atoms with Gasteiger partial charge in [0.1, 0.15) is 18.1 Å². The number of ether oxygens (including phenoxy) is 1. The van der Waals surface area contributed by atoms with E-state index >= 15 is 0 Å². The number of hydrogen-bond acceptors (Lipinski definition) is 5. The molecule has 1 N–H and O–H groups in total. The number of amides is 1. The maximum absolute atomic E-state index is 12.3. The number of likely N-dealkylation sites (N-methyl/N-ethyl adjacent to an activating group) is 1. The Morgan fingerprint density at radius 2 is 1.92 bits per heavy atom. The Morgan fingerprint density at radius 1 is 1.17 bits per heavy atom. The third-order valence-electron chi connectivity index (χ3n) is 3.71. The van der Waals surface area contributed by atoms with Crippen LogP contribution < -0.4 is 10.1 Å². The number of aryl methyl sites for hydroxylation is 1. The van der Waals surface area contributed by atoms with Gasteiger partial charge in [-0.1, -0.05) is 26.0 Å². The molecule has 2 aromatic rings. The lowest BCUT2D eigenvalue weighted by molar-refractivity contribution is 0.102. The number of carbonyl (C=O) groups excluding carboxylic acids is 1. The van der Waals surface area contributed by atoms with Gasteiger partial charge in [-0.15, -0.1) is 0 Å². The van der Waals surface area contributed by atoms with Crippen LogP contribution in [0.4, 0.5) is 5.69 Å². The molecule has 2 rings (SSSR count). The van der Waals surface area contributed by atoms with Crippen molar-refractivity contribution < 1.29 is 9.53 Å². The fourth-order valence-corrected chi connectivity index (χ4v) is 2.22. The molecular formula is C18H24N4O2. The summed E-state index contributed by atoms with van der Waals surface area (Å²) < 4.78 is 5.83. The van der Waals surface area contributed by atoms with Gasteiger partial charge in [-0.2, -0.15) is 0 Å². The molecule has 0 spiro atoms. The Balaban J connectivity index is 2.00. The van der Waals surface area contributed by atoms with E-state index < -0.39 is 0 Å². The van der Waals surface area contributed by atoms with Crippen molar-refractivity contribution in [2.24, 2.45) is 0 Å². The van der Waals surface area contributed by atoms with Crippen molar-refractivity contribution >= 4 is 11.6 Å². The average molecular weight is 328 g/mol. The molecule has 0 saturated heterocycles. The zero-order chi connectivity index (χ0) is 17.4. The van der Waals surface area contributed by atoms with Crippen molar-refractivity contribution in [1.82, 2.24) is 14.9 Å². The van der Waals surface area contributed by atoms with E-state index in [1.807, 2.05) is 31.2 Å². The first-order valence-electron chi connectivity index (χ1n) is 8.18. The second-order valence-electron chi connectivity index (χ2n) is 5.37. The highest BCUT2D eigenvalue weighted by Gasteiger charge is 2.11. The maximum atomic E-state index is 12.3. The summed E-state index contributed by atoms with van der Waals surface area (Å²) >= 11 is 0. The zero-order valence-electron chi connectivity index (χ0n) is 14.5. The van der Waals surface area contributed by atoms with Gasteiger partial charge < -0.3 is 15.0 Å². The molecule has 0 aliphatic rings. The molecule has 0 aliphatic heterocycles. The predicted octanol–water partition coefficient (Wildman–Crippen LogP) is 2.76. The van der Waals surface area contributed by atoms with Gasteiger partial charge in [-0.05, 0) is 32.1 Å². The Hall–Kier alpha value is -2.47. The first kappa shape index (κ1) is 17.9. The molecule has 0 aliphatic carbocycles. The molecule has 0 atom stereocenters. The van der Waals surface area contributed by atoms with Gasteiger partial charge in [-0.3, -0.25) is 9.78 Å². The zero-order valence-corrected chi connectivity index (χ0v) is 14.5. The van der Waals surface area contributed by atoms with Gasteiger partial charge in [0.25, 0.3) is 5.91 Å². The summed E-state index contributed by atoms with van der Waals surface area (Å²) in [6.07, 6.45) is 3.04. The van der Waals surface area contributed by atoms with Crippen LogP contribution >= 0.6 is 0 Å². The number of anilines is 1. The molecule has 0 saturated carbocycles. The number of para-hydroxylation sites is 2. The van der Waals surface area contributed by atoms with E-state index in [0.717, 1.165) is 25.3 Å². The summed E-state index contributed by atoms with van der Waals surface area (Å²) in [5.74, 6) is 0.348. The standard InChI is InChI=1S/C18H24N4O2/c1-4-22(5-2)10-11-24-17-9-7-6-8-15(17)21-18(23)16-13-19-14(3)12-20-16/h6-9,12-13H,4-5,10-11H2,1-3H3,(H,21,23). The van der Waals surface area contributed by atoms with Crippen molar-refractivity contribution in [1.29, 1.82) is 0 Å². The molecule has 0 bridgehead atoms. The smallest absolute Gasteiger partial charge is 0.275 e. The number of nitrogens with zero attached hydrogens (tertiary/aromatic N) is 3. The van der Waals surface area contributed by atoms with Crippen LogP contribution in [0.5, 0.6) is 5.75 Å². The Bertz CT molecular complexity index is 654. The van der Waals surface area contributed by atoms with E-state index in [-0.39, 0.29) is 11.6 Å². The first-order chi connectivity index (χ1) is 11.6. The number of nitrogens with one attached hydrogen (secondary N) is 1. The lowest BCUT2D eigenvalue weighted by Crippen LogP contribution is -2.28. The molecule has 128 valence electrons. The third-order valence-corrected chi connectivity index (χ3v) is 3.71. The van der Waals surface area contributed by atoms with Crippen LogP contribution in [0.3, 0.4) is 0 Å². The molecule has 24 heavy (non-hydrogen) atoms. The summed E-state index contributed by atoms with van der Waals surface area (Å²) in [7, 11) is 0. The summed E-state index contributed by atoms with van der Waals surface area (Å²) in [6.45, 7) is 9.47. The number of aromatic nitrogens is 2. The predicted molar refractivity (Wildman–Crippen MR) is 94.4 cm³/mol. The average Bonchev–Trinajstić information content (AvgIpc) is 2.60. The first-order valence-corrected chi connectivity index (χ1v) is 8.18. The van der Waals surface area contributed by atoms with E-state index in [9.17, 15) is 4.79 Å².